The van der Waals surface area contributed by atoms with Crippen molar-refractivity contribution in [1.29, 1.82) is 0 Å². The van der Waals surface area contributed by atoms with Crippen molar-refractivity contribution in [3.8, 4) is 5.75 Å². The van der Waals surface area contributed by atoms with Gasteiger partial charge >= 0.3 is 5.97 Å². The predicted molar refractivity (Wildman–Crippen MR) is 118 cm³/mol. The molecule has 0 atom stereocenters. The number of esters is 1. The molecule has 4 rings (SSSR count). The van der Waals surface area contributed by atoms with Crippen molar-refractivity contribution in [3.63, 3.8) is 0 Å². The van der Waals surface area contributed by atoms with Crippen molar-refractivity contribution in [1.82, 2.24) is 4.90 Å². The van der Waals surface area contributed by atoms with Crippen LogP contribution in [0.25, 0.3) is 0 Å². The lowest BCUT2D eigenvalue weighted by Crippen LogP contribution is -2.46. The Bertz CT molecular complexity index is 1130. The van der Waals surface area contributed by atoms with E-state index in [1.807, 2.05) is 18.2 Å². The maximum absolute atomic E-state index is 12.4. The first-order chi connectivity index (χ1) is 15.5. The van der Waals surface area contributed by atoms with Crippen LogP contribution in [-0.4, -0.2) is 44.2 Å². The summed E-state index contributed by atoms with van der Waals surface area (Å²) in [4.78, 5) is 28.3. The fourth-order valence-corrected chi connectivity index (χ4v) is 3.68. The lowest BCUT2D eigenvalue weighted by atomic mass is 10.2. The van der Waals surface area contributed by atoms with E-state index in [0.717, 1.165) is 36.9 Å². The van der Waals surface area contributed by atoms with E-state index in [9.17, 15) is 9.59 Å². The zero-order chi connectivity index (χ0) is 22.5. The summed E-state index contributed by atoms with van der Waals surface area (Å²) in [6, 6.07) is 12.4. The average Bonchev–Trinajstić information content (AvgIpc) is 3.28. The first-order valence-electron chi connectivity index (χ1n) is 10.2. The van der Waals surface area contributed by atoms with Crippen LogP contribution < -0.4 is 15.1 Å². The Hall–Kier alpha value is -3.23. The van der Waals surface area contributed by atoms with E-state index < -0.39 is 5.97 Å². The van der Waals surface area contributed by atoms with Gasteiger partial charge in [-0.15, -0.1) is 0 Å². The number of carbonyl (C=O) groups is 1. The van der Waals surface area contributed by atoms with E-state index in [-0.39, 0.29) is 23.5 Å². The molecule has 3 aromatic rings. The van der Waals surface area contributed by atoms with Crippen molar-refractivity contribution in [2.45, 2.75) is 13.2 Å². The Labute approximate surface area is 189 Å². The van der Waals surface area contributed by atoms with Crippen LogP contribution in [0, 0.1) is 0 Å². The standard InChI is InChI=1S/C23H23ClN2O6/c1-29-23(28)21-6-5-18(32-21)14-31-22-15-30-19(12-20(22)27)13-25-7-9-26(10-8-25)17-4-2-3-16(24)11-17/h2-6,11-12,15H,7-10,13-14H2,1H3. The molecule has 2 aromatic heterocycles. The number of methoxy groups -OCH3 is 1. The summed E-state index contributed by atoms with van der Waals surface area (Å²) >= 11 is 6.09. The quantitative estimate of drug-likeness (QED) is 0.497. The van der Waals surface area contributed by atoms with Gasteiger partial charge in [-0.3, -0.25) is 9.69 Å². The summed E-state index contributed by atoms with van der Waals surface area (Å²) in [6.45, 7) is 3.95. The molecule has 0 bridgehead atoms. The molecule has 0 amide bonds. The molecule has 9 heteroatoms. The summed E-state index contributed by atoms with van der Waals surface area (Å²) in [5.74, 6) is 0.545. The number of rotatable bonds is 7. The molecule has 8 nitrogen and oxygen atoms in total. The molecule has 0 aliphatic carbocycles. The maximum Gasteiger partial charge on any atom is 0.373 e. The number of piperazine rings is 1. The van der Waals surface area contributed by atoms with Crippen LogP contribution in [0.3, 0.4) is 0 Å². The fraction of sp³-hybridized carbons (Fsp3) is 0.304. The van der Waals surface area contributed by atoms with Crippen LogP contribution >= 0.6 is 11.6 Å². The van der Waals surface area contributed by atoms with Crippen LogP contribution in [0.5, 0.6) is 5.75 Å². The van der Waals surface area contributed by atoms with Gasteiger partial charge < -0.3 is 23.2 Å². The molecule has 168 valence electrons. The van der Waals surface area contributed by atoms with Crippen molar-refractivity contribution in [3.05, 3.63) is 81.3 Å². The smallest absolute Gasteiger partial charge is 0.373 e. The summed E-state index contributed by atoms with van der Waals surface area (Å²) in [5, 5.41) is 0.727. The monoisotopic (exact) mass is 458 g/mol. The number of hydrogen-bond acceptors (Lipinski definition) is 8. The zero-order valence-corrected chi connectivity index (χ0v) is 18.3. The molecule has 1 fully saturated rings. The largest absolute Gasteiger partial charge is 0.479 e. The number of furan rings is 1. The topological polar surface area (TPSA) is 85.4 Å². The number of benzene rings is 1. The van der Waals surface area contributed by atoms with E-state index >= 15 is 0 Å². The zero-order valence-electron chi connectivity index (χ0n) is 17.6. The van der Waals surface area contributed by atoms with Gasteiger partial charge in [0.25, 0.3) is 0 Å². The van der Waals surface area contributed by atoms with Gasteiger partial charge in [0, 0.05) is 43.0 Å². The van der Waals surface area contributed by atoms with Crippen LogP contribution in [0.1, 0.15) is 22.1 Å². The second kappa shape index (κ2) is 9.93. The third kappa shape index (κ3) is 5.33. The van der Waals surface area contributed by atoms with Gasteiger partial charge in [-0.1, -0.05) is 17.7 Å². The van der Waals surface area contributed by atoms with Crippen molar-refractivity contribution < 1.29 is 23.1 Å². The Morgan fingerprint density at radius 2 is 1.91 bits per heavy atom. The average molecular weight is 459 g/mol. The normalized spacial score (nSPS) is 14.4. The van der Waals surface area contributed by atoms with Crippen LogP contribution in [0.15, 0.2) is 62.4 Å². The van der Waals surface area contributed by atoms with Crippen LogP contribution in [0.2, 0.25) is 5.02 Å². The lowest BCUT2D eigenvalue weighted by Gasteiger charge is -2.35. The molecule has 1 aromatic carbocycles. The van der Waals surface area contributed by atoms with Crippen molar-refractivity contribution in [2.24, 2.45) is 0 Å². The Morgan fingerprint density at radius 3 is 2.62 bits per heavy atom. The van der Waals surface area contributed by atoms with Gasteiger partial charge in [-0.05, 0) is 30.3 Å². The molecular weight excluding hydrogens is 436 g/mol. The molecular formula is C23H23ClN2O6. The van der Waals surface area contributed by atoms with E-state index in [1.54, 1.807) is 6.07 Å². The maximum atomic E-state index is 12.4. The number of hydrogen-bond donors (Lipinski definition) is 0. The minimum atomic E-state index is -0.575. The summed E-state index contributed by atoms with van der Waals surface area (Å²) < 4.78 is 21.0. The van der Waals surface area contributed by atoms with E-state index in [0.29, 0.717) is 18.1 Å². The molecule has 3 heterocycles. The molecule has 1 aliphatic heterocycles. The second-order valence-electron chi connectivity index (χ2n) is 7.36. The summed E-state index contributed by atoms with van der Waals surface area (Å²) in [6.07, 6.45) is 1.31. The minimum absolute atomic E-state index is 0.00738. The Kier molecular flexibility index (Phi) is 6.82. The molecule has 1 aliphatic rings. The molecule has 0 radical (unpaired) electrons. The van der Waals surface area contributed by atoms with Gasteiger partial charge in [-0.2, -0.15) is 0 Å². The second-order valence-corrected chi connectivity index (χ2v) is 7.80. The molecule has 0 N–H and O–H groups in total. The van der Waals surface area contributed by atoms with Crippen molar-refractivity contribution >= 4 is 23.3 Å². The molecule has 32 heavy (non-hydrogen) atoms. The number of carbonyl (C=O) groups excluding carboxylic acids is 1. The number of ether oxygens (including phenoxy) is 2. The predicted octanol–water partition coefficient (Wildman–Crippen LogP) is 3.57. The summed E-state index contributed by atoms with van der Waals surface area (Å²) in [7, 11) is 1.27. The van der Waals surface area contributed by atoms with Gasteiger partial charge in [0.1, 0.15) is 24.4 Å². The molecule has 0 unspecified atom stereocenters. The number of anilines is 1. The fourth-order valence-electron chi connectivity index (χ4n) is 3.50. The minimum Gasteiger partial charge on any atom is -0.479 e. The Balaban J connectivity index is 1.29. The number of nitrogens with zero attached hydrogens (tertiary/aromatic N) is 2. The SMILES string of the molecule is COC(=O)c1ccc(COc2coc(CN3CCN(c4cccc(Cl)c4)CC3)cc2=O)o1. The van der Waals surface area contributed by atoms with Gasteiger partial charge in [0.05, 0.1) is 13.7 Å². The highest BCUT2D eigenvalue weighted by Gasteiger charge is 2.19. The van der Waals surface area contributed by atoms with Crippen LogP contribution in [0.4, 0.5) is 5.69 Å². The van der Waals surface area contributed by atoms with E-state index in [4.69, 9.17) is 25.2 Å². The first-order valence-corrected chi connectivity index (χ1v) is 10.5. The summed E-state index contributed by atoms with van der Waals surface area (Å²) in [5.41, 5.74) is 0.837. The highest BCUT2D eigenvalue weighted by atomic mass is 35.5. The number of halogens is 1. The first kappa shape index (κ1) is 22.0. The Morgan fingerprint density at radius 1 is 1.09 bits per heavy atom. The third-order valence-corrected chi connectivity index (χ3v) is 5.43. The van der Waals surface area contributed by atoms with Gasteiger partial charge in [-0.25, -0.2) is 4.79 Å². The van der Waals surface area contributed by atoms with Gasteiger partial charge in [0.15, 0.2) is 0 Å². The van der Waals surface area contributed by atoms with Gasteiger partial charge in [0.2, 0.25) is 16.9 Å². The molecule has 0 spiro atoms. The van der Waals surface area contributed by atoms with E-state index in [1.165, 1.54) is 25.5 Å². The van der Waals surface area contributed by atoms with E-state index in [2.05, 4.69) is 20.6 Å². The molecule has 0 saturated carbocycles. The highest BCUT2D eigenvalue weighted by molar-refractivity contribution is 6.30. The van der Waals surface area contributed by atoms with Crippen LogP contribution in [-0.2, 0) is 17.9 Å². The third-order valence-electron chi connectivity index (χ3n) is 5.20. The van der Waals surface area contributed by atoms with Crippen molar-refractivity contribution in [2.75, 3.05) is 38.2 Å². The lowest BCUT2D eigenvalue weighted by molar-refractivity contribution is 0.0561. The highest BCUT2D eigenvalue weighted by Crippen LogP contribution is 2.21. The molecule has 1 saturated heterocycles.